The molecule has 1 aromatic heterocycles. The molecule has 0 spiro atoms. The highest BCUT2D eigenvalue weighted by Crippen LogP contribution is 2.27. The summed E-state index contributed by atoms with van der Waals surface area (Å²) in [4.78, 5) is 17.0. The minimum atomic E-state index is -0.627. The molecule has 2 aliphatic rings. The van der Waals surface area contributed by atoms with Gasteiger partial charge >= 0.3 is 0 Å². The van der Waals surface area contributed by atoms with Crippen LogP contribution in [0.4, 0.5) is 0 Å². The van der Waals surface area contributed by atoms with E-state index in [0.717, 1.165) is 11.4 Å². The van der Waals surface area contributed by atoms with Gasteiger partial charge in [-0.2, -0.15) is 0 Å². The van der Waals surface area contributed by atoms with Crippen molar-refractivity contribution < 1.29 is 19.4 Å². The fourth-order valence-electron chi connectivity index (χ4n) is 3.32. The van der Waals surface area contributed by atoms with Crippen LogP contribution in [0, 0.1) is 0 Å². The lowest BCUT2D eigenvalue weighted by Gasteiger charge is -2.17. The van der Waals surface area contributed by atoms with E-state index in [-0.39, 0.29) is 30.8 Å². The van der Waals surface area contributed by atoms with E-state index in [1.807, 2.05) is 37.4 Å². The lowest BCUT2D eigenvalue weighted by Crippen LogP contribution is -2.44. The average Bonchev–Trinajstić information content (AvgIpc) is 3.26. The normalized spacial score (nSPS) is 28.8. The Morgan fingerprint density at radius 2 is 2.00 bits per heavy atom. The number of benzene rings is 1. The third kappa shape index (κ3) is 2.50. The molecule has 0 bridgehead atoms. The molecule has 1 amide bonds. The van der Waals surface area contributed by atoms with E-state index in [4.69, 9.17) is 9.47 Å². The molecule has 0 aliphatic carbocycles. The number of hydrogen-bond acceptors (Lipinski definition) is 5. The second kappa shape index (κ2) is 6.01. The molecule has 2 aromatic rings. The van der Waals surface area contributed by atoms with Crippen LogP contribution in [0.3, 0.4) is 0 Å². The molecular formula is C17H19N3O4. The Balaban J connectivity index is 1.51. The highest BCUT2D eigenvalue weighted by Gasteiger charge is 2.47. The van der Waals surface area contributed by atoms with Crippen molar-refractivity contribution in [2.75, 3.05) is 13.2 Å². The minimum absolute atomic E-state index is 0.230. The maximum absolute atomic E-state index is 12.6. The number of hydrogen-bond donors (Lipinski definition) is 2. The van der Waals surface area contributed by atoms with Crippen molar-refractivity contribution in [2.24, 2.45) is 7.05 Å². The van der Waals surface area contributed by atoms with E-state index in [9.17, 15) is 9.90 Å². The molecule has 24 heavy (non-hydrogen) atoms. The largest absolute Gasteiger partial charge is 0.388 e. The number of aliphatic hydroxyl groups excluding tert-OH is 1. The van der Waals surface area contributed by atoms with Gasteiger partial charge in [0.15, 0.2) is 0 Å². The first-order chi connectivity index (χ1) is 11.6. The van der Waals surface area contributed by atoms with Crippen molar-refractivity contribution in [2.45, 2.75) is 24.4 Å². The number of amides is 1. The molecule has 3 heterocycles. The minimum Gasteiger partial charge on any atom is -0.388 e. The van der Waals surface area contributed by atoms with Crippen molar-refractivity contribution >= 4 is 5.91 Å². The van der Waals surface area contributed by atoms with Crippen LogP contribution < -0.4 is 5.32 Å². The molecule has 2 fully saturated rings. The van der Waals surface area contributed by atoms with Crippen molar-refractivity contribution in [3.63, 3.8) is 0 Å². The number of carbonyl (C=O) groups excluding carboxylic acids is 1. The Bertz CT molecular complexity index is 746. The van der Waals surface area contributed by atoms with E-state index in [0.29, 0.717) is 12.3 Å². The molecule has 2 N–H and O–H groups in total. The third-order valence-electron chi connectivity index (χ3n) is 4.60. The fraction of sp³-hybridized carbons (Fsp3) is 0.412. The molecule has 2 aliphatic heterocycles. The Kier molecular flexibility index (Phi) is 3.84. The summed E-state index contributed by atoms with van der Waals surface area (Å²) in [7, 11) is 1.81. The first kappa shape index (κ1) is 15.3. The Hall–Kier alpha value is -2.22. The SMILES string of the molecule is Cn1c(C(=O)N[C@H]2CO[C@H]3[C@@H]2OC[C@@H]3O)cnc1-c1ccccc1. The molecule has 0 radical (unpaired) electrons. The summed E-state index contributed by atoms with van der Waals surface area (Å²) in [5, 5.41) is 12.7. The molecule has 0 unspecified atom stereocenters. The monoisotopic (exact) mass is 329 g/mol. The number of ether oxygens (including phenoxy) is 2. The second-order valence-electron chi connectivity index (χ2n) is 6.14. The van der Waals surface area contributed by atoms with Crippen LogP contribution >= 0.6 is 0 Å². The van der Waals surface area contributed by atoms with Gasteiger partial charge in [0.05, 0.1) is 25.5 Å². The summed E-state index contributed by atoms with van der Waals surface area (Å²) in [6.07, 6.45) is 0.278. The second-order valence-corrected chi connectivity index (χ2v) is 6.14. The lowest BCUT2D eigenvalue weighted by atomic mass is 10.1. The van der Waals surface area contributed by atoms with Crippen LogP contribution in [0.1, 0.15) is 10.5 Å². The number of aliphatic hydroxyl groups is 1. The lowest BCUT2D eigenvalue weighted by molar-refractivity contribution is 0.0178. The van der Waals surface area contributed by atoms with Crippen molar-refractivity contribution in [1.29, 1.82) is 0 Å². The number of nitrogens with one attached hydrogen (secondary N) is 1. The molecule has 4 rings (SSSR count). The van der Waals surface area contributed by atoms with Crippen molar-refractivity contribution in [1.82, 2.24) is 14.9 Å². The highest BCUT2D eigenvalue weighted by atomic mass is 16.6. The standard InChI is InChI=1S/C17H19N3O4/c1-20-12(7-18-16(20)10-5-3-2-4-6-10)17(22)19-11-8-23-15-13(21)9-24-14(11)15/h2-7,11,13-15,21H,8-9H2,1H3,(H,19,22)/t11-,13-,14+,15+/m0/s1. The summed E-state index contributed by atoms with van der Waals surface area (Å²) in [5.41, 5.74) is 1.42. The highest BCUT2D eigenvalue weighted by molar-refractivity contribution is 5.93. The van der Waals surface area contributed by atoms with Crippen LogP contribution in [0.15, 0.2) is 36.5 Å². The quantitative estimate of drug-likeness (QED) is 0.848. The third-order valence-corrected chi connectivity index (χ3v) is 4.60. The van der Waals surface area contributed by atoms with Crippen LogP contribution in [0.2, 0.25) is 0 Å². The molecule has 7 heteroatoms. The molecule has 2 saturated heterocycles. The zero-order valence-electron chi connectivity index (χ0n) is 13.3. The number of imidazole rings is 1. The Morgan fingerprint density at radius 1 is 1.25 bits per heavy atom. The van der Waals surface area contributed by atoms with Gasteiger partial charge in [-0.25, -0.2) is 4.98 Å². The first-order valence-corrected chi connectivity index (χ1v) is 7.94. The van der Waals surface area contributed by atoms with Gasteiger partial charge in [-0.1, -0.05) is 30.3 Å². The molecule has 126 valence electrons. The van der Waals surface area contributed by atoms with Gasteiger partial charge in [0.25, 0.3) is 5.91 Å². The molecule has 7 nitrogen and oxygen atoms in total. The predicted octanol–water partition coefficient (Wildman–Crippen LogP) is 0.344. The summed E-state index contributed by atoms with van der Waals surface area (Å²) in [6.45, 7) is 0.576. The van der Waals surface area contributed by atoms with Gasteiger partial charge in [-0.05, 0) is 0 Å². The van der Waals surface area contributed by atoms with Crippen LogP contribution in [0.25, 0.3) is 11.4 Å². The van der Waals surface area contributed by atoms with Crippen LogP contribution in [-0.2, 0) is 16.5 Å². The zero-order valence-corrected chi connectivity index (χ0v) is 13.3. The number of aromatic nitrogens is 2. The molecule has 0 saturated carbocycles. The summed E-state index contributed by atoms with van der Waals surface area (Å²) >= 11 is 0. The van der Waals surface area contributed by atoms with E-state index < -0.39 is 6.10 Å². The topological polar surface area (TPSA) is 85.6 Å². The molecule has 4 atom stereocenters. The Morgan fingerprint density at radius 3 is 2.79 bits per heavy atom. The number of fused-ring (bicyclic) bond motifs is 1. The van der Waals surface area contributed by atoms with E-state index in [1.165, 1.54) is 0 Å². The predicted molar refractivity (Wildman–Crippen MR) is 85.4 cm³/mol. The van der Waals surface area contributed by atoms with Crippen LogP contribution in [0.5, 0.6) is 0 Å². The van der Waals surface area contributed by atoms with Crippen molar-refractivity contribution in [3.05, 3.63) is 42.2 Å². The molecular weight excluding hydrogens is 310 g/mol. The maximum atomic E-state index is 12.6. The summed E-state index contributed by atoms with van der Waals surface area (Å²) in [6, 6.07) is 9.44. The summed E-state index contributed by atoms with van der Waals surface area (Å²) < 4.78 is 12.8. The number of rotatable bonds is 3. The van der Waals surface area contributed by atoms with Gasteiger partial charge in [-0.15, -0.1) is 0 Å². The summed E-state index contributed by atoms with van der Waals surface area (Å²) in [5.74, 6) is 0.500. The van der Waals surface area contributed by atoms with Gasteiger partial charge < -0.3 is 24.5 Å². The van der Waals surface area contributed by atoms with E-state index in [2.05, 4.69) is 10.3 Å². The van der Waals surface area contributed by atoms with E-state index >= 15 is 0 Å². The first-order valence-electron chi connectivity index (χ1n) is 7.94. The average molecular weight is 329 g/mol. The Labute approximate surface area is 139 Å². The maximum Gasteiger partial charge on any atom is 0.269 e. The van der Waals surface area contributed by atoms with E-state index in [1.54, 1.807) is 10.8 Å². The zero-order chi connectivity index (χ0) is 16.7. The van der Waals surface area contributed by atoms with Crippen molar-refractivity contribution in [3.8, 4) is 11.4 Å². The smallest absolute Gasteiger partial charge is 0.269 e. The fourth-order valence-corrected chi connectivity index (χ4v) is 3.32. The van der Waals surface area contributed by atoms with Gasteiger partial charge in [0.1, 0.15) is 29.8 Å². The number of carbonyl (C=O) groups is 1. The van der Waals surface area contributed by atoms with Gasteiger partial charge in [0.2, 0.25) is 0 Å². The number of nitrogens with zero attached hydrogens (tertiary/aromatic N) is 2. The molecule has 1 aromatic carbocycles. The van der Waals surface area contributed by atoms with Crippen LogP contribution in [-0.4, -0.2) is 58.1 Å². The van der Waals surface area contributed by atoms with Gasteiger partial charge in [0, 0.05) is 12.6 Å². The van der Waals surface area contributed by atoms with Gasteiger partial charge in [-0.3, -0.25) is 4.79 Å².